The van der Waals surface area contributed by atoms with E-state index in [1.165, 1.54) is 0 Å². The van der Waals surface area contributed by atoms with Gasteiger partial charge in [0.05, 0.1) is 25.1 Å². The van der Waals surface area contributed by atoms with Crippen molar-refractivity contribution in [3.8, 4) is 0 Å². The Morgan fingerprint density at radius 1 is 1.55 bits per heavy atom. The van der Waals surface area contributed by atoms with Crippen LogP contribution in [0.4, 0.5) is 0 Å². The molecule has 1 unspecified atom stereocenters. The second-order valence-electron chi connectivity index (χ2n) is 5.15. The topological polar surface area (TPSA) is 67.6 Å². The maximum Gasteiger partial charge on any atom is 0.341 e. The molecule has 0 bridgehead atoms. The van der Waals surface area contributed by atoms with Crippen molar-refractivity contribution in [1.29, 1.82) is 0 Å². The van der Waals surface area contributed by atoms with Crippen LogP contribution >= 0.6 is 0 Å². The normalized spacial score (nSPS) is 20.1. The van der Waals surface area contributed by atoms with Crippen LogP contribution in [0.1, 0.15) is 42.2 Å². The minimum atomic E-state index is -0.326. The van der Waals surface area contributed by atoms with Gasteiger partial charge < -0.3 is 9.84 Å². The molecule has 1 aliphatic rings. The van der Waals surface area contributed by atoms with Crippen LogP contribution in [-0.4, -0.2) is 51.6 Å². The van der Waals surface area contributed by atoms with Gasteiger partial charge in [-0.1, -0.05) is 6.42 Å². The summed E-state index contributed by atoms with van der Waals surface area (Å²) in [5.41, 5.74) is 1.38. The first kappa shape index (κ1) is 15.0. The number of carbonyl (C=O) groups is 1. The van der Waals surface area contributed by atoms with Crippen molar-refractivity contribution >= 4 is 5.97 Å². The van der Waals surface area contributed by atoms with Crippen LogP contribution in [0.5, 0.6) is 0 Å². The summed E-state index contributed by atoms with van der Waals surface area (Å²) in [6.07, 6.45) is 4.84. The molecule has 1 atom stereocenters. The van der Waals surface area contributed by atoms with E-state index in [2.05, 4.69) is 10.00 Å². The van der Waals surface area contributed by atoms with Crippen LogP contribution in [0.2, 0.25) is 0 Å². The molecule has 20 heavy (non-hydrogen) atoms. The molecule has 1 aromatic heterocycles. The quantitative estimate of drug-likeness (QED) is 0.814. The van der Waals surface area contributed by atoms with Gasteiger partial charge in [0.15, 0.2) is 0 Å². The van der Waals surface area contributed by atoms with Gasteiger partial charge in [0, 0.05) is 19.6 Å². The predicted molar refractivity (Wildman–Crippen MR) is 74.3 cm³/mol. The summed E-state index contributed by atoms with van der Waals surface area (Å²) in [6.45, 7) is 3.87. The zero-order valence-electron chi connectivity index (χ0n) is 12.2. The van der Waals surface area contributed by atoms with Crippen LogP contribution in [-0.2, 0) is 18.3 Å². The highest BCUT2D eigenvalue weighted by atomic mass is 16.5. The van der Waals surface area contributed by atoms with Crippen LogP contribution < -0.4 is 0 Å². The fraction of sp³-hybridized carbons (Fsp3) is 0.714. The molecular weight excluding hydrogens is 258 g/mol. The molecular formula is C14H23N3O3. The molecule has 0 aromatic carbocycles. The molecule has 0 spiro atoms. The van der Waals surface area contributed by atoms with E-state index in [9.17, 15) is 9.90 Å². The summed E-state index contributed by atoms with van der Waals surface area (Å²) in [5.74, 6) is -0.326. The van der Waals surface area contributed by atoms with E-state index in [1.54, 1.807) is 17.8 Å². The lowest BCUT2D eigenvalue weighted by Crippen LogP contribution is -2.41. The molecule has 0 radical (unpaired) electrons. The van der Waals surface area contributed by atoms with Crippen molar-refractivity contribution in [2.24, 2.45) is 7.05 Å². The van der Waals surface area contributed by atoms with Crippen LogP contribution in [0.25, 0.3) is 0 Å². The molecule has 2 heterocycles. The Morgan fingerprint density at radius 2 is 2.35 bits per heavy atom. The van der Waals surface area contributed by atoms with Crippen LogP contribution in [0, 0.1) is 0 Å². The van der Waals surface area contributed by atoms with Crippen LogP contribution in [0.15, 0.2) is 6.20 Å². The molecule has 1 saturated heterocycles. The van der Waals surface area contributed by atoms with Crippen molar-refractivity contribution in [2.75, 3.05) is 19.8 Å². The zero-order valence-corrected chi connectivity index (χ0v) is 12.2. The molecule has 0 aliphatic carbocycles. The molecule has 112 valence electrons. The molecule has 1 fully saturated rings. The maximum absolute atomic E-state index is 11.9. The second kappa shape index (κ2) is 6.85. The van der Waals surface area contributed by atoms with Crippen molar-refractivity contribution in [2.45, 2.75) is 38.8 Å². The SMILES string of the molecule is CCOC(=O)c1cnn(C)c1CN1CCCCC1CO. The Morgan fingerprint density at radius 3 is 3.05 bits per heavy atom. The summed E-state index contributed by atoms with van der Waals surface area (Å²) in [4.78, 5) is 14.2. The minimum absolute atomic E-state index is 0.159. The van der Waals surface area contributed by atoms with E-state index >= 15 is 0 Å². The first-order chi connectivity index (χ1) is 9.67. The van der Waals surface area contributed by atoms with Crippen molar-refractivity contribution in [3.05, 3.63) is 17.5 Å². The summed E-state index contributed by atoms with van der Waals surface area (Å²) >= 11 is 0. The lowest BCUT2D eigenvalue weighted by Gasteiger charge is -2.34. The Labute approximate surface area is 119 Å². The van der Waals surface area contributed by atoms with E-state index in [-0.39, 0.29) is 18.6 Å². The van der Waals surface area contributed by atoms with Crippen molar-refractivity contribution in [3.63, 3.8) is 0 Å². The lowest BCUT2D eigenvalue weighted by molar-refractivity contribution is 0.0518. The number of esters is 1. The Kier molecular flexibility index (Phi) is 5.14. The summed E-state index contributed by atoms with van der Waals surface area (Å²) in [7, 11) is 1.83. The largest absolute Gasteiger partial charge is 0.462 e. The summed E-state index contributed by atoms with van der Waals surface area (Å²) in [5, 5.41) is 13.6. The molecule has 1 N–H and O–H groups in total. The smallest absolute Gasteiger partial charge is 0.341 e. The molecule has 0 saturated carbocycles. The van der Waals surface area contributed by atoms with Crippen molar-refractivity contribution in [1.82, 2.24) is 14.7 Å². The third-order valence-electron chi connectivity index (χ3n) is 3.87. The molecule has 6 heteroatoms. The number of carbonyl (C=O) groups excluding carboxylic acids is 1. The minimum Gasteiger partial charge on any atom is -0.462 e. The fourth-order valence-corrected chi connectivity index (χ4v) is 2.70. The number of hydrogen-bond donors (Lipinski definition) is 1. The number of likely N-dealkylation sites (tertiary alicyclic amines) is 1. The third kappa shape index (κ3) is 3.19. The maximum atomic E-state index is 11.9. The van der Waals surface area contributed by atoms with E-state index in [4.69, 9.17) is 4.74 Å². The first-order valence-corrected chi connectivity index (χ1v) is 7.20. The molecule has 2 rings (SSSR count). The number of hydrogen-bond acceptors (Lipinski definition) is 5. The molecule has 1 aromatic rings. The highest BCUT2D eigenvalue weighted by molar-refractivity contribution is 5.90. The monoisotopic (exact) mass is 281 g/mol. The molecule has 0 amide bonds. The summed E-state index contributed by atoms with van der Waals surface area (Å²) < 4.78 is 6.78. The fourth-order valence-electron chi connectivity index (χ4n) is 2.70. The molecule has 6 nitrogen and oxygen atoms in total. The Bertz CT molecular complexity index is 459. The average Bonchev–Trinajstić information content (AvgIpc) is 2.81. The highest BCUT2D eigenvalue weighted by Crippen LogP contribution is 2.21. The highest BCUT2D eigenvalue weighted by Gasteiger charge is 2.25. The zero-order chi connectivity index (χ0) is 14.5. The summed E-state index contributed by atoms with van der Waals surface area (Å²) in [6, 6.07) is 0.175. The van der Waals surface area contributed by atoms with Gasteiger partial charge in [-0.05, 0) is 26.3 Å². The first-order valence-electron chi connectivity index (χ1n) is 7.20. The number of aryl methyl sites for hydroxylation is 1. The van der Waals surface area contributed by atoms with Gasteiger partial charge in [-0.2, -0.15) is 5.10 Å². The van der Waals surface area contributed by atoms with E-state index in [0.717, 1.165) is 31.5 Å². The van der Waals surface area contributed by atoms with E-state index in [1.807, 2.05) is 7.05 Å². The van der Waals surface area contributed by atoms with Gasteiger partial charge >= 0.3 is 5.97 Å². The van der Waals surface area contributed by atoms with E-state index in [0.29, 0.717) is 18.7 Å². The lowest BCUT2D eigenvalue weighted by atomic mass is 10.0. The number of aromatic nitrogens is 2. The average molecular weight is 281 g/mol. The third-order valence-corrected chi connectivity index (χ3v) is 3.87. The number of nitrogens with zero attached hydrogens (tertiary/aromatic N) is 3. The number of ether oxygens (including phenoxy) is 1. The van der Waals surface area contributed by atoms with Gasteiger partial charge in [0.1, 0.15) is 5.56 Å². The number of aliphatic hydroxyl groups excluding tert-OH is 1. The number of aliphatic hydroxyl groups is 1. The van der Waals surface area contributed by atoms with Gasteiger partial charge in [-0.15, -0.1) is 0 Å². The van der Waals surface area contributed by atoms with Gasteiger partial charge in [0.2, 0.25) is 0 Å². The van der Waals surface area contributed by atoms with Gasteiger partial charge in [-0.25, -0.2) is 4.79 Å². The predicted octanol–water partition coefficient (Wildman–Crippen LogP) is 0.944. The van der Waals surface area contributed by atoms with Crippen molar-refractivity contribution < 1.29 is 14.6 Å². The van der Waals surface area contributed by atoms with Crippen LogP contribution in [0.3, 0.4) is 0 Å². The second-order valence-corrected chi connectivity index (χ2v) is 5.15. The Balaban J connectivity index is 2.15. The van der Waals surface area contributed by atoms with E-state index < -0.39 is 0 Å². The van der Waals surface area contributed by atoms with Gasteiger partial charge in [-0.3, -0.25) is 9.58 Å². The van der Waals surface area contributed by atoms with Gasteiger partial charge in [0.25, 0.3) is 0 Å². The number of rotatable bonds is 5. The number of piperidine rings is 1. The molecule has 1 aliphatic heterocycles. The standard InChI is InChI=1S/C14H23N3O3/c1-3-20-14(19)12-8-15-16(2)13(12)9-17-7-5-4-6-11(17)10-18/h8,11,18H,3-7,9-10H2,1-2H3. The Hall–Kier alpha value is -1.40.